The summed E-state index contributed by atoms with van der Waals surface area (Å²) in [5.74, 6) is 0. The summed E-state index contributed by atoms with van der Waals surface area (Å²) in [6.45, 7) is 2.05. The summed E-state index contributed by atoms with van der Waals surface area (Å²) in [5, 5.41) is 10.5. The van der Waals surface area contributed by atoms with E-state index in [1.54, 1.807) is 6.07 Å². The maximum absolute atomic E-state index is 11.4. The zero-order valence-corrected chi connectivity index (χ0v) is 9.92. The minimum atomic E-state index is -0.309. The third kappa shape index (κ3) is 1.90. The molecule has 5 heteroatoms. The van der Waals surface area contributed by atoms with Crippen molar-refractivity contribution < 1.29 is 0 Å². The lowest BCUT2D eigenvalue weighted by atomic mass is 10.1. The van der Waals surface area contributed by atoms with E-state index >= 15 is 0 Å². The molecule has 3 rings (SSSR count). The molecule has 3 aromatic rings. The summed E-state index contributed by atoms with van der Waals surface area (Å²) in [4.78, 5) is 11.4. The fourth-order valence-electron chi connectivity index (χ4n) is 1.85. The number of nitrogens with zero attached hydrogens (tertiary/aromatic N) is 3. The van der Waals surface area contributed by atoms with Crippen LogP contribution in [0.2, 0.25) is 0 Å². The van der Waals surface area contributed by atoms with E-state index in [1.165, 1.54) is 15.6 Å². The summed E-state index contributed by atoms with van der Waals surface area (Å²) in [7, 11) is 0. The number of hydrogen-bond donors (Lipinski definition) is 1. The zero-order chi connectivity index (χ0) is 12.5. The first-order valence-electron chi connectivity index (χ1n) is 5.71. The quantitative estimate of drug-likeness (QED) is 0.734. The van der Waals surface area contributed by atoms with Crippen LogP contribution in [0.25, 0.3) is 5.65 Å². The van der Waals surface area contributed by atoms with Crippen LogP contribution in [0, 0.1) is 6.92 Å². The molecule has 0 atom stereocenters. The fourth-order valence-corrected chi connectivity index (χ4v) is 1.85. The largest absolute Gasteiger partial charge is 0.364 e. The van der Waals surface area contributed by atoms with Gasteiger partial charge in [-0.15, -0.1) is 0 Å². The Kier molecular flexibility index (Phi) is 2.44. The Balaban J connectivity index is 1.97. The molecule has 0 spiro atoms. The molecule has 18 heavy (non-hydrogen) atoms. The van der Waals surface area contributed by atoms with Crippen molar-refractivity contribution in [2.45, 2.75) is 13.3 Å². The van der Waals surface area contributed by atoms with Gasteiger partial charge in [0, 0.05) is 6.42 Å². The number of fused-ring (bicyclic) bond motifs is 1. The van der Waals surface area contributed by atoms with Crippen LogP contribution in [0.5, 0.6) is 0 Å². The molecule has 0 amide bonds. The number of nitrogens with one attached hydrogen (secondary N) is 1. The van der Waals surface area contributed by atoms with Gasteiger partial charge in [0.15, 0.2) is 5.65 Å². The zero-order valence-electron chi connectivity index (χ0n) is 9.92. The van der Waals surface area contributed by atoms with E-state index in [4.69, 9.17) is 0 Å². The van der Waals surface area contributed by atoms with Crippen LogP contribution < -0.4 is 5.69 Å². The van der Waals surface area contributed by atoms with Gasteiger partial charge in [0.2, 0.25) is 0 Å². The number of aromatic amines is 1. The Morgan fingerprint density at radius 3 is 2.72 bits per heavy atom. The molecular weight excluding hydrogens is 228 g/mol. The molecule has 90 valence electrons. The normalized spacial score (nSPS) is 10.9. The highest BCUT2D eigenvalue weighted by Crippen LogP contribution is 2.08. The summed E-state index contributed by atoms with van der Waals surface area (Å²) in [5.41, 5.74) is 3.47. The standard InChI is InChI=1S/C13H12N4O/c1-9-2-4-10(5-3-9)8-11-6-7-12-14-15-13(18)17(12)16-11/h2-7H,8H2,1H3,(H,15,18). The summed E-state index contributed by atoms with van der Waals surface area (Å²) >= 11 is 0. The predicted molar refractivity (Wildman–Crippen MR) is 67.6 cm³/mol. The molecule has 0 unspecified atom stereocenters. The molecule has 2 heterocycles. The van der Waals surface area contributed by atoms with Crippen molar-refractivity contribution in [1.82, 2.24) is 19.8 Å². The molecule has 0 saturated carbocycles. The van der Waals surface area contributed by atoms with E-state index in [2.05, 4.69) is 46.5 Å². The van der Waals surface area contributed by atoms with Crippen molar-refractivity contribution in [3.8, 4) is 0 Å². The number of H-pyrrole nitrogens is 1. The van der Waals surface area contributed by atoms with Crippen LogP contribution in [-0.2, 0) is 6.42 Å². The molecule has 2 aromatic heterocycles. The number of benzene rings is 1. The van der Waals surface area contributed by atoms with Crippen molar-refractivity contribution in [3.05, 3.63) is 63.7 Å². The van der Waals surface area contributed by atoms with Crippen molar-refractivity contribution >= 4 is 5.65 Å². The van der Waals surface area contributed by atoms with Crippen LogP contribution in [0.3, 0.4) is 0 Å². The molecule has 0 saturated heterocycles. The SMILES string of the molecule is Cc1ccc(Cc2ccc3n[nH]c(=O)n3n2)cc1. The highest BCUT2D eigenvalue weighted by atomic mass is 16.2. The average molecular weight is 240 g/mol. The molecule has 0 aliphatic carbocycles. The van der Waals surface area contributed by atoms with E-state index in [0.717, 1.165) is 5.69 Å². The van der Waals surface area contributed by atoms with Gasteiger partial charge in [0.1, 0.15) is 0 Å². The van der Waals surface area contributed by atoms with Crippen LogP contribution in [0.15, 0.2) is 41.2 Å². The lowest BCUT2D eigenvalue weighted by Gasteiger charge is -2.01. The molecule has 0 fully saturated rings. The predicted octanol–water partition coefficient (Wildman–Crippen LogP) is 1.32. The van der Waals surface area contributed by atoms with Gasteiger partial charge in [-0.2, -0.15) is 14.7 Å². The van der Waals surface area contributed by atoms with Crippen molar-refractivity contribution in [2.75, 3.05) is 0 Å². The van der Waals surface area contributed by atoms with Crippen LogP contribution >= 0.6 is 0 Å². The van der Waals surface area contributed by atoms with Gasteiger partial charge in [0.05, 0.1) is 5.69 Å². The van der Waals surface area contributed by atoms with Crippen molar-refractivity contribution in [2.24, 2.45) is 0 Å². The van der Waals surface area contributed by atoms with Gasteiger partial charge in [-0.25, -0.2) is 9.89 Å². The Morgan fingerprint density at radius 1 is 1.17 bits per heavy atom. The Hall–Kier alpha value is -2.43. The molecular formula is C13H12N4O. The molecule has 0 aliphatic heterocycles. The third-order valence-electron chi connectivity index (χ3n) is 2.83. The number of aromatic nitrogens is 4. The second kappa shape index (κ2) is 4.10. The first-order chi connectivity index (χ1) is 8.72. The maximum Gasteiger partial charge on any atom is 0.364 e. The second-order valence-electron chi connectivity index (χ2n) is 4.29. The van der Waals surface area contributed by atoms with E-state index in [0.29, 0.717) is 12.1 Å². The fraction of sp³-hybridized carbons (Fsp3) is 0.154. The summed E-state index contributed by atoms with van der Waals surface area (Å²) < 4.78 is 1.28. The van der Waals surface area contributed by atoms with Gasteiger partial charge in [-0.05, 0) is 24.6 Å². The highest BCUT2D eigenvalue weighted by molar-refractivity contribution is 5.35. The summed E-state index contributed by atoms with van der Waals surface area (Å²) in [6, 6.07) is 11.9. The number of aryl methyl sites for hydroxylation is 1. The third-order valence-corrected chi connectivity index (χ3v) is 2.83. The van der Waals surface area contributed by atoms with Gasteiger partial charge in [-0.1, -0.05) is 29.8 Å². The minimum Gasteiger partial charge on any atom is -0.244 e. The van der Waals surface area contributed by atoms with E-state index in [-0.39, 0.29) is 5.69 Å². The topological polar surface area (TPSA) is 63.0 Å². The van der Waals surface area contributed by atoms with Crippen molar-refractivity contribution in [3.63, 3.8) is 0 Å². The van der Waals surface area contributed by atoms with Gasteiger partial charge in [0.25, 0.3) is 0 Å². The van der Waals surface area contributed by atoms with E-state index < -0.39 is 0 Å². The van der Waals surface area contributed by atoms with Crippen LogP contribution in [0.1, 0.15) is 16.8 Å². The number of hydrogen-bond acceptors (Lipinski definition) is 3. The average Bonchev–Trinajstić information content (AvgIpc) is 2.74. The molecule has 0 bridgehead atoms. The second-order valence-corrected chi connectivity index (χ2v) is 4.29. The molecule has 1 aromatic carbocycles. The Labute approximate surface area is 103 Å². The smallest absolute Gasteiger partial charge is 0.244 e. The lowest BCUT2D eigenvalue weighted by Crippen LogP contribution is -2.13. The van der Waals surface area contributed by atoms with E-state index in [9.17, 15) is 4.79 Å². The first-order valence-corrected chi connectivity index (χ1v) is 5.71. The molecule has 1 N–H and O–H groups in total. The molecule has 5 nitrogen and oxygen atoms in total. The Bertz CT molecular complexity index is 740. The van der Waals surface area contributed by atoms with Gasteiger partial charge < -0.3 is 0 Å². The first kappa shape index (κ1) is 10.7. The maximum atomic E-state index is 11.4. The molecule has 0 aliphatic rings. The lowest BCUT2D eigenvalue weighted by molar-refractivity contribution is 0.835. The monoisotopic (exact) mass is 240 g/mol. The number of rotatable bonds is 2. The van der Waals surface area contributed by atoms with Crippen LogP contribution in [-0.4, -0.2) is 19.8 Å². The molecule has 0 radical (unpaired) electrons. The highest BCUT2D eigenvalue weighted by Gasteiger charge is 2.03. The van der Waals surface area contributed by atoms with Crippen LogP contribution in [0.4, 0.5) is 0 Å². The minimum absolute atomic E-state index is 0.309. The van der Waals surface area contributed by atoms with Gasteiger partial charge in [-0.3, -0.25) is 0 Å². The Morgan fingerprint density at radius 2 is 1.94 bits per heavy atom. The summed E-state index contributed by atoms with van der Waals surface area (Å²) in [6.07, 6.45) is 0.702. The van der Waals surface area contributed by atoms with Crippen molar-refractivity contribution in [1.29, 1.82) is 0 Å². The van der Waals surface area contributed by atoms with Gasteiger partial charge >= 0.3 is 5.69 Å². The van der Waals surface area contributed by atoms with E-state index in [1.807, 2.05) is 6.07 Å².